The molecule has 0 spiro atoms. The molecular formula is C12H12ClN3O2S2. The maximum Gasteiger partial charge on any atom is 0.177 e. The summed E-state index contributed by atoms with van der Waals surface area (Å²) in [5, 5.41) is 14.5. The van der Waals surface area contributed by atoms with Crippen LogP contribution in [-0.2, 0) is 9.84 Å². The van der Waals surface area contributed by atoms with Crippen molar-refractivity contribution in [1.82, 2.24) is 5.01 Å². The molecule has 2 aliphatic rings. The van der Waals surface area contributed by atoms with Gasteiger partial charge in [-0.25, -0.2) is 13.4 Å². The Labute approximate surface area is 126 Å². The van der Waals surface area contributed by atoms with E-state index in [1.807, 2.05) is 12.1 Å². The van der Waals surface area contributed by atoms with Crippen LogP contribution in [0.3, 0.4) is 0 Å². The summed E-state index contributed by atoms with van der Waals surface area (Å²) < 4.78 is 23.3. The van der Waals surface area contributed by atoms with Crippen LogP contribution < -0.4 is 0 Å². The van der Waals surface area contributed by atoms with Crippen molar-refractivity contribution in [3.63, 3.8) is 0 Å². The number of hydrogen-bond donors (Lipinski definition) is 1. The van der Waals surface area contributed by atoms with Crippen molar-refractivity contribution in [2.24, 2.45) is 5.10 Å². The van der Waals surface area contributed by atoms with E-state index in [0.717, 1.165) is 5.56 Å². The van der Waals surface area contributed by atoms with Gasteiger partial charge in [0.1, 0.15) is 0 Å². The van der Waals surface area contributed by atoms with E-state index in [-0.39, 0.29) is 22.8 Å². The molecule has 2 heterocycles. The van der Waals surface area contributed by atoms with Crippen LogP contribution in [0.2, 0.25) is 5.02 Å². The summed E-state index contributed by atoms with van der Waals surface area (Å²) in [6.07, 6.45) is 1.62. The minimum absolute atomic E-state index is 0.0742. The molecule has 8 heteroatoms. The minimum Gasteiger partial charge on any atom is -0.277 e. The molecule has 2 unspecified atom stereocenters. The van der Waals surface area contributed by atoms with Crippen LogP contribution in [-0.4, -0.2) is 47.6 Å². The molecule has 2 saturated heterocycles. The topological polar surface area (TPSA) is 73.6 Å². The molecule has 0 aromatic heterocycles. The van der Waals surface area contributed by atoms with Crippen molar-refractivity contribution in [2.75, 3.05) is 11.5 Å². The van der Waals surface area contributed by atoms with Gasteiger partial charge < -0.3 is 0 Å². The van der Waals surface area contributed by atoms with Crippen molar-refractivity contribution >= 4 is 44.6 Å². The second-order valence-corrected chi connectivity index (χ2v) is 8.56. The molecule has 106 valence electrons. The SMILES string of the molecule is N=C1SC2CS(=O)(=O)CC2N1N=Cc1ccc(Cl)cc1. The summed E-state index contributed by atoms with van der Waals surface area (Å²) in [6.45, 7) is 0. The maximum atomic E-state index is 11.6. The maximum absolute atomic E-state index is 11.6. The van der Waals surface area contributed by atoms with Crippen molar-refractivity contribution < 1.29 is 8.42 Å². The van der Waals surface area contributed by atoms with Crippen LogP contribution in [0, 0.1) is 5.41 Å². The zero-order valence-corrected chi connectivity index (χ0v) is 12.7. The molecule has 3 rings (SSSR count). The lowest BCUT2D eigenvalue weighted by molar-refractivity contribution is 0.376. The summed E-state index contributed by atoms with van der Waals surface area (Å²) in [6, 6.07) is 6.94. The molecule has 1 aromatic rings. The van der Waals surface area contributed by atoms with Crippen molar-refractivity contribution in [3.05, 3.63) is 34.9 Å². The van der Waals surface area contributed by atoms with Crippen LogP contribution in [0.4, 0.5) is 0 Å². The molecule has 1 N–H and O–H groups in total. The highest BCUT2D eigenvalue weighted by molar-refractivity contribution is 8.15. The highest BCUT2D eigenvalue weighted by atomic mass is 35.5. The fraction of sp³-hybridized carbons (Fsp3) is 0.333. The standard InChI is InChI=1S/C12H12ClN3O2S2/c13-9-3-1-8(2-4-9)5-15-16-10-6-20(17,18)7-11(10)19-12(16)14/h1-5,10-11,14H,6-7H2. The third-order valence-electron chi connectivity index (χ3n) is 3.26. The Balaban J connectivity index is 1.79. The molecule has 2 atom stereocenters. The molecular weight excluding hydrogens is 318 g/mol. The number of hydrazone groups is 1. The van der Waals surface area contributed by atoms with Gasteiger partial charge in [-0.3, -0.25) is 5.41 Å². The first-order valence-electron chi connectivity index (χ1n) is 5.99. The van der Waals surface area contributed by atoms with Gasteiger partial charge in [0.15, 0.2) is 15.0 Å². The Morgan fingerprint density at radius 2 is 2.05 bits per heavy atom. The Bertz CT molecular complexity index is 672. The van der Waals surface area contributed by atoms with Gasteiger partial charge in [-0.15, -0.1) is 0 Å². The molecule has 0 saturated carbocycles. The van der Waals surface area contributed by atoms with Crippen LogP contribution in [0.25, 0.3) is 0 Å². The molecule has 0 aliphatic carbocycles. The molecule has 20 heavy (non-hydrogen) atoms. The molecule has 2 fully saturated rings. The molecule has 0 radical (unpaired) electrons. The van der Waals surface area contributed by atoms with Gasteiger partial charge >= 0.3 is 0 Å². The zero-order valence-electron chi connectivity index (χ0n) is 10.4. The number of halogens is 1. The highest BCUT2D eigenvalue weighted by Gasteiger charge is 2.48. The molecule has 1 aromatic carbocycles. The monoisotopic (exact) mass is 329 g/mol. The van der Waals surface area contributed by atoms with Gasteiger partial charge in [0.2, 0.25) is 0 Å². The number of benzene rings is 1. The van der Waals surface area contributed by atoms with Crippen molar-refractivity contribution in [3.8, 4) is 0 Å². The van der Waals surface area contributed by atoms with Crippen molar-refractivity contribution in [1.29, 1.82) is 5.41 Å². The van der Waals surface area contributed by atoms with Crippen LogP contribution in [0.15, 0.2) is 29.4 Å². The lowest BCUT2D eigenvalue weighted by Gasteiger charge is -2.17. The quantitative estimate of drug-likeness (QED) is 0.840. The highest BCUT2D eigenvalue weighted by Crippen LogP contribution is 2.37. The number of nitrogens with zero attached hydrogens (tertiary/aromatic N) is 2. The second-order valence-electron chi connectivity index (χ2n) is 4.75. The van der Waals surface area contributed by atoms with E-state index in [1.54, 1.807) is 18.3 Å². The number of rotatable bonds is 2. The van der Waals surface area contributed by atoms with Crippen molar-refractivity contribution in [2.45, 2.75) is 11.3 Å². The van der Waals surface area contributed by atoms with Gasteiger partial charge in [-0.1, -0.05) is 35.5 Å². The number of sulfone groups is 1. The van der Waals surface area contributed by atoms with E-state index >= 15 is 0 Å². The first-order chi connectivity index (χ1) is 9.44. The number of nitrogens with one attached hydrogen (secondary N) is 1. The van der Waals surface area contributed by atoms with E-state index in [0.29, 0.717) is 10.2 Å². The molecule has 0 amide bonds. The predicted molar refractivity (Wildman–Crippen MR) is 82.4 cm³/mol. The largest absolute Gasteiger partial charge is 0.277 e. The number of fused-ring (bicyclic) bond motifs is 1. The summed E-state index contributed by atoms with van der Waals surface area (Å²) in [5.41, 5.74) is 0.858. The van der Waals surface area contributed by atoms with E-state index < -0.39 is 9.84 Å². The van der Waals surface area contributed by atoms with E-state index in [4.69, 9.17) is 17.0 Å². The lowest BCUT2D eigenvalue weighted by Crippen LogP contribution is -2.32. The van der Waals surface area contributed by atoms with Gasteiger partial charge in [-0.2, -0.15) is 5.10 Å². The van der Waals surface area contributed by atoms with E-state index in [9.17, 15) is 8.42 Å². The van der Waals surface area contributed by atoms with Crippen LogP contribution in [0.5, 0.6) is 0 Å². The Hall–Kier alpha value is -1.05. The number of hydrogen-bond acceptors (Lipinski definition) is 5. The summed E-state index contributed by atoms with van der Waals surface area (Å²) in [4.78, 5) is 0. The Kier molecular flexibility index (Phi) is 3.51. The van der Waals surface area contributed by atoms with E-state index in [1.165, 1.54) is 16.8 Å². The van der Waals surface area contributed by atoms with Gasteiger partial charge in [-0.05, 0) is 17.7 Å². The molecule has 2 aliphatic heterocycles. The number of amidine groups is 1. The predicted octanol–water partition coefficient (Wildman–Crippen LogP) is 1.82. The molecule has 5 nitrogen and oxygen atoms in total. The van der Waals surface area contributed by atoms with E-state index in [2.05, 4.69) is 5.10 Å². The van der Waals surface area contributed by atoms with Crippen LogP contribution >= 0.6 is 23.4 Å². The van der Waals surface area contributed by atoms with Gasteiger partial charge in [0.25, 0.3) is 0 Å². The third-order valence-corrected chi connectivity index (χ3v) is 6.63. The fourth-order valence-electron chi connectivity index (χ4n) is 2.30. The van der Waals surface area contributed by atoms with Crippen LogP contribution in [0.1, 0.15) is 5.56 Å². The zero-order chi connectivity index (χ0) is 14.3. The lowest BCUT2D eigenvalue weighted by atomic mass is 10.2. The normalized spacial score (nSPS) is 28.2. The summed E-state index contributed by atoms with van der Waals surface area (Å²) >= 11 is 7.09. The Morgan fingerprint density at radius 3 is 2.75 bits per heavy atom. The second kappa shape index (κ2) is 5.05. The first-order valence-corrected chi connectivity index (χ1v) is 9.07. The fourth-order valence-corrected chi connectivity index (χ4v) is 6.14. The van der Waals surface area contributed by atoms with Gasteiger partial charge in [0.05, 0.1) is 23.8 Å². The number of thioether (sulfide) groups is 1. The van der Waals surface area contributed by atoms with Gasteiger partial charge in [0, 0.05) is 10.3 Å². The third kappa shape index (κ3) is 2.70. The summed E-state index contributed by atoms with van der Waals surface area (Å²) in [5.74, 6) is 0.211. The minimum atomic E-state index is -3.00. The average Bonchev–Trinajstić information content (AvgIpc) is 2.80. The average molecular weight is 330 g/mol. The first kappa shape index (κ1) is 13.9. The smallest absolute Gasteiger partial charge is 0.177 e. The molecule has 0 bridgehead atoms. The summed E-state index contributed by atoms with van der Waals surface area (Å²) in [7, 11) is -3.00. The Morgan fingerprint density at radius 1 is 1.35 bits per heavy atom.